The van der Waals surface area contributed by atoms with Crippen LogP contribution in [0, 0.1) is 23.2 Å². The van der Waals surface area contributed by atoms with E-state index in [2.05, 4.69) is 34.7 Å². The lowest BCUT2D eigenvalue weighted by Crippen LogP contribution is -2.57. The zero-order valence-electron chi connectivity index (χ0n) is 22.7. The number of nitrogens with two attached hydrogens (primary N) is 1. The van der Waals surface area contributed by atoms with Gasteiger partial charge in [-0.1, -0.05) is 51.0 Å². The van der Waals surface area contributed by atoms with Crippen molar-refractivity contribution in [2.45, 2.75) is 64.3 Å². The molecule has 0 radical (unpaired) electrons. The molecule has 11 heteroatoms. The molecule has 2 heterocycles. The number of nitrogens with zero attached hydrogens (tertiary/aromatic N) is 3. The van der Waals surface area contributed by atoms with Crippen molar-refractivity contribution in [3.05, 3.63) is 36.2 Å². The number of likely N-dealkylation sites (tertiary alicyclic amines) is 1. The zero-order valence-corrected chi connectivity index (χ0v) is 22.7. The first-order chi connectivity index (χ1) is 18.5. The molecule has 11 nitrogen and oxygen atoms in total. The maximum atomic E-state index is 13.9. The van der Waals surface area contributed by atoms with Gasteiger partial charge in [0.25, 0.3) is 0 Å². The summed E-state index contributed by atoms with van der Waals surface area (Å²) in [6, 6.07) is 4.49. The molecule has 1 unspecified atom stereocenters. The van der Waals surface area contributed by atoms with Crippen molar-refractivity contribution in [2.75, 3.05) is 13.7 Å². The molecule has 6 atom stereocenters. The van der Waals surface area contributed by atoms with E-state index in [9.17, 15) is 19.2 Å². The molecule has 2 saturated carbocycles. The van der Waals surface area contributed by atoms with Crippen molar-refractivity contribution < 1.29 is 23.9 Å². The summed E-state index contributed by atoms with van der Waals surface area (Å²) < 4.78 is 5.13. The molecule has 1 aromatic heterocycles. The molecule has 1 aromatic carbocycles. The van der Waals surface area contributed by atoms with Gasteiger partial charge in [0.05, 0.1) is 6.20 Å². The molecule has 5 rings (SSSR count). The quantitative estimate of drug-likeness (QED) is 0.410. The minimum atomic E-state index is -1.22. The van der Waals surface area contributed by atoms with Crippen LogP contribution < -0.4 is 16.4 Å². The Kier molecular flexibility index (Phi) is 7.04. The lowest BCUT2D eigenvalue weighted by molar-refractivity contribution is -0.145. The SMILES string of the molecule is CO[C@@H](C)C(=O)N[C@@H](CC1CC1)C(=O)N1C[C@H]2[C@@H]([C@H]1C(=O)NC(C(N)=O)c1nncc3ccccc13)C2(C)C. The highest BCUT2D eigenvalue weighted by Gasteiger charge is 2.69. The maximum absolute atomic E-state index is 13.9. The predicted molar refractivity (Wildman–Crippen MR) is 142 cm³/mol. The highest BCUT2D eigenvalue weighted by Crippen LogP contribution is 2.65. The Labute approximate surface area is 227 Å². The van der Waals surface area contributed by atoms with Crippen molar-refractivity contribution in [2.24, 2.45) is 28.9 Å². The fourth-order valence-corrected chi connectivity index (χ4v) is 6.08. The van der Waals surface area contributed by atoms with E-state index >= 15 is 0 Å². The molecule has 4 amide bonds. The second-order valence-corrected chi connectivity index (χ2v) is 11.7. The Morgan fingerprint density at radius 1 is 1.18 bits per heavy atom. The molecular weight excluding hydrogens is 500 g/mol. The van der Waals surface area contributed by atoms with Crippen molar-refractivity contribution in [3.8, 4) is 0 Å². The number of nitrogens with one attached hydrogen (secondary N) is 2. The second kappa shape index (κ2) is 10.2. The van der Waals surface area contributed by atoms with Gasteiger partial charge >= 0.3 is 0 Å². The number of methoxy groups -OCH3 is 1. The third kappa shape index (κ3) is 5.07. The van der Waals surface area contributed by atoms with Crippen LogP contribution in [0.5, 0.6) is 0 Å². The van der Waals surface area contributed by atoms with E-state index in [0.29, 0.717) is 24.3 Å². The van der Waals surface area contributed by atoms with Crippen LogP contribution in [0.15, 0.2) is 30.5 Å². The Hall–Kier alpha value is -3.60. The van der Waals surface area contributed by atoms with E-state index in [-0.39, 0.29) is 34.8 Å². The van der Waals surface area contributed by atoms with Gasteiger partial charge in [-0.3, -0.25) is 19.2 Å². The monoisotopic (exact) mass is 536 g/mol. The third-order valence-corrected chi connectivity index (χ3v) is 8.81. The third-order valence-electron chi connectivity index (χ3n) is 8.81. The number of rotatable bonds is 10. The molecule has 39 heavy (non-hydrogen) atoms. The smallest absolute Gasteiger partial charge is 0.249 e. The average Bonchev–Trinajstić information content (AvgIpc) is 3.77. The van der Waals surface area contributed by atoms with Gasteiger partial charge in [0.15, 0.2) is 6.04 Å². The van der Waals surface area contributed by atoms with Crippen molar-refractivity contribution >= 4 is 34.4 Å². The summed E-state index contributed by atoms with van der Waals surface area (Å²) in [5.41, 5.74) is 5.86. The number of carbonyl (C=O) groups is 4. The summed E-state index contributed by atoms with van der Waals surface area (Å²) in [5.74, 6) is -1.49. The van der Waals surface area contributed by atoms with Gasteiger partial charge in [0.1, 0.15) is 23.9 Å². The fourth-order valence-electron chi connectivity index (χ4n) is 6.08. The number of ether oxygens (including phenoxy) is 1. The van der Waals surface area contributed by atoms with E-state index < -0.39 is 36.0 Å². The second-order valence-electron chi connectivity index (χ2n) is 11.7. The standard InChI is InChI=1S/C28H36N6O5/c1-14(39-4)25(36)31-19(11-15-9-10-15)27(38)34-13-18-20(28(18,2)3)23(34)26(37)32-22(24(29)35)21-17-8-6-5-7-16(17)12-30-33-21/h5-8,12,14-15,18-20,22-23H,9-11,13H2,1-4H3,(H2,29,35)(H,31,36)(H,32,37)/t14-,18-,19-,20-,22?,23-/m0/s1. The largest absolute Gasteiger partial charge is 0.372 e. The first kappa shape index (κ1) is 27.0. The molecule has 208 valence electrons. The molecule has 3 fully saturated rings. The number of fused-ring (bicyclic) bond motifs is 2. The number of aromatic nitrogens is 2. The van der Waals surface area contributed by atoms with Crippen molar-refractivity contribution in [1.82, 2.24) is 25.7 Å². The Balaban J connectivity index is 1.41. The fraction of sp³-hybridized carbons (Fsp3) is 0.571. The number of hydrogen-bond donors (Lipinski definition) is 3. The first-order valence-corrected chi connectivity index (χ1v) is 13.5. The van der Waals surface area contributed by atoms with Gasteiger partial charge in [-0.2, -0.15) is 10.2 Å². The average molecular weight is 537 g/mol. The lowest BCUT2D eigenvalue weighted by atomic mass is 9.98. The van der Waals surface area contributed by atoms with Crippen LogP contribution in [0.1, 0.15) is 51.8 Å². The summed E-state index contributed by atoms with van der Waals surface area (Å²) in [6.07, 6.45) is 3.40. The number of primary amides is 1. The van der Waals surface area contributed by atoms with Crippen LogP contribution in [0.2, 0.25) is 0 Å². The lowest BCUT2D eigenvalue weighted by Gasteiger charge is -2.34. The molecule has 0 bridgehead atoms. The molecule has 2 aliphatic carbocycles. The number of benzene rings is 1. The van der Waals surface area contributed by atoms with Crippen LogP contribution in [0.4, 0.5) is 0 Å². The summed E-state index contributed by atoms with van der Waals surface area (Å²) in [4.78, 5) is 54.5. The van der Waals surface area contributed by atoms with Gasteiger partial charge in [-0.25, -0.2) is 0 Å². The Morgan fingerprint density at radius 3 is 2.56 bits per heavy atom. The number of carbonyl (C=O) groups excluding carboxylic acids is 4. The molecule has 1 saturated heterocycles. The van der Waals surface area contributed by atoms with E-state index in [1.807, 2.05) is 12.1 Å². The summed E-state index contributed by atoms with van der Waals surface area (Å²) in [7, 11) is 1.44. The molecule has 3 aliphatic rings. The minimum Gasteiger partial charge on any atom is -0.372 e. The highest BCUT2D eigenvalue weighted by atomic mass is 16.5. The van der Waals surface area contributed by atoms with Gasteiger partial charge in [-0.15, -0.1) is 0 Å². The van der Waals surface area contributed by atoms with Gasteiger partial charge < -0.3 is 26.0 Å². The maximum Gasteiger partial charge on any atom is 0.249 e. The molecule has 4 N–H and O–H groups in total. The van der Waals surface area contributed by atoms with E-state index in [4.69, 9.17) is 10.5 Å². The van der Waals surface area contributed by atoms with Gasteiger partial charge in [-0.05, 0) is 36.5 Å². The Morgan fingerprint density at radius 2 is 1.90 bits per heavy atom. The zero-order chi connectivity index (χ0) is 28.1. The van der Waals surface area contributed by atoms with Crippen molar-refractivity contribution in [1.29, 1.82) is 0 Å². The molecular formula is C28H36N6O5. The van der Waals surface area contributed by atoms with Crippen LogP contribution in [0.25, 0.3) is 10.8 Å². The first-order valence-electron chi connectivity index (χ1n) is 13.5. The molecule has 1 aliphatic heterocycles. The van der Waals surface area contributed by atoms with Gasteiger partial charge in [0, 0.05) is 24.4 Å². The summed E-state index contributed by atoms with van der Waals surface area (Å²) >= 11 is 0. The van der Waals surface area contributed by atoms with E-state index in [1.165, 1.54) is 7.11 Å². The number of piperidine rings is 1. The highest BCUT2D eigenvalue weighted by molar-refractivity contribution is 5.97. The van der Waals surface area contributed by atoms with E-state index in [1.54, 1.807) is 30.2 Å². The van der Waals surface area contributed by atoms with Crippen LogP contribution in [-0.2, 0) is 23.9 Å². The van der Waals surface area contributed by atoms with Crippen LogP contribution >= 0.6 is 0 Å². The topological polar surface area (TPSA) is 157 Å². The number of hydrogen-bond acceptors (Lipinski definition) is 7. The summed E-state index contributed by atoms with van der Waals surface area (Å²) in [5, 5.41) is 15.2. The Bertz CT molecular complexity index is 1310. The molecule has 2 aromatic rings. The van der Waals surface area contributed by atoms with Gasteiger partial charge in [0.2, 0.25) is 23.6 Å². The van der Waals surface area contributed by atoms with Crippen molar-refractivity contribution in [3.63, 3.8) is 0 Å². The molecule has 0 spiro atoms. The summed E-state index contributed by atoms with van der Waals surface area (Å²) in [6.45, 7) is 6.19. The number of amides is 4. The minimum absolute atomic E-state index is 0.0799. The normalized spacial score (nSPS) is 25.3. The van der Waals surface area contributed by atoms with Crippen LogP contribution in [-0.4, -0.2) is 70.6 Å². The predicted octanol–water partition coefficient (Wildman–Crippen LogP) is 1.08. The van der Waals surface area contributed by atoms with E-state index in [0.717, 1.165) is 18.2 Å². The van der Waals surface area contributed by atoms with Crippen LogP contribution in [0.3, 0.4) is 0 Å².